The summed E-state index contributed by atoms with van der Waals surface area (Å²) in [4.78, 5) is 0.248. The van der Waals surface area contributed by atoms with Crippen LogP contribution in [0, 0.1) is 0 Å². The predicted octanol–water partition coefficient (Wildman–Crippen LogP) is 3.72. The molecule has 2 rings (SSSR count). The number of rotatable bonds is 3. The van der Waals surface area contributed by atoms with Crippen molar-refractivity contribution in [3.05, 3.63) is 46.4 Å². The maximum atomic E-state index is 11.4. The Balaban J connectivity index is 2.32. The molecule has 3 N–H and O–H groups in total. The van der Waals surface area contributed by atoms with Crippen LogP contribution < -0.4 is 11.1 Å². The van der Waals surface area contributed by atoms with E-state index in [1.54, 1.807) is 24.3 Å². The van der Waals surface area contributed by atoms with Crippen molar-refractivity contribution in [1.29, 1.82) is 0 Å². The molecule has 4 nitrogen and oxygen atoms in total. The molecule has 0 saturated carbocycles. The molecular formula is C13H12Cl2N2O2S. The Morgan fingerprint density at radius 1 is 1.05 bits per heavy atom. The number of nitrogen functional groups attached to an aromatic ring is 1. The first-order valence-electron chi connectivity index (χ1n) is 5.59. The number of sulfone groups is 1. The second-order valence-electron chi connectivity index (χ2n) is 4.28. The van der Waals surface area contributed by atoms with Crippen molar-refractivity contribution in [3.63, 3.8) is 0 Å². The van der Waals surface area contributed by atoms with E-state index in [0.29, 0.717) is 27.1 Å². The van der Waals surface area contributed by atoms with E-state index in [2.05, 4.69) is 5.32 Å². The molecule has 0 amide bonds. The minimum Gasteiger partial charge on any atom is -0.399 e. The summed E-state index contributed by atoms with van der Waals surface area (Å²) in [6.45, 7) is 0. The third-order valence-electron chi connectivity index (χ3n) is 2.62. The fraction of sp³-hybridized carbons (Fsp3) is 0.0769. The largest absolute Gasteiger partial charge is 0.399 e. The van der Waals surface area contributed by atoms with Gasteiger partial charge in [-0.3, -0.25) is 0 Å². The van der Waals surface area contributed by atoms with Gasteiger partial charge in [-0.25, -0.2) is 8.42 Å². The minimum atomic E-state index is -3.21. The molecule has 0 unspecified atom stereocenters. The van der Waals surface area contributed by atoms with E-state index >= 15 is 0 Å². The minimum absolute atomic E-state index is 0.248. The van der Waals surface area contributed by atoms with Crippen LogP contribution in [0.1, 0.15) is 0 Å². The Bertz CT molecular complexity index is 720. The highest BCUT2D eigenvalue weighted by Gasteiger charge is 2.09. The molecule has 0 bridgehead atoms. The molecular weight excluding hydrogens is 319 g/mol. The van der Waals surface area contributed by atoms with E-state index in [4.69, 9.17) is 28.9 Å². The molecule has 0 radical (unpaired) electrons. The molecule has 0 fully saturated rings. The molecule has 106 valence electrons. The van der Waals surface area contributed by atoms with E-state index in [0.717, 1.165) is 6.26 Å². The summed E-state index contributed by atoms with van der Waals surface area (Å²) in [5, 5.41) is 3.81. The Hall–Kier alpha value is -1.43. The fourth-order valence-corrected chi connectivity index (χ4v) is 2.87. The van der Waals surface area contributed by atoms with Crippen molar-refractivity contribution in [2.75, 3.05) is 17.3 Å². The lowest BCUT2D eigenvalue weighted by Crippen LogP contribution is -1.98. The van der Waals surface area contributed by atoms with Gasteiger partial charge in [-0.1, -0.05) is 23.2 Å². The third-order valence-corrected chi connectivity index (χ3v) is 4.34. The number of nitrogens with two attached hydrogens (primary N) is 1. The summed E-state index contributed by atoms with van der Waals surface area (Å²) in [5.41, 5.74) is 7.29. The molecule has 0 aliphatic rings. The summed E-state index contributed by atoms with van der Waals surface area (Å²) in [7, 11) is -3.21. The zero-order valence-corrected chi connectivity index (χ0v) is 12.9. The summed E-state index contributed by atoms with van der Waals surface area (Å²) in [6.07, 6.45) is 1.16. The number of halogens is 2. The van der Waals surface area contributed by atoms with Gasteiger partial charge in [-0.15, -0.1) is 0 Å². The van der Waals surface area contributed by atoms with Crippen molar-refractivity contribution in [2.24, 2.45) is 0 Å². The molecule has 0 spiro atoms. The number of hydrogen-bond donors (Lipinski definition) is 2. The van der Waals surface area contributed by atoms with Crippen LogP contribution in [0.15, 0.2) is 41.3 Å². The monoisotopic (exact) mass is 330 g/mol. The lowest BCUT2D eigenvalue weighted by molar-refractivity contribution is 0.602. The second kappa shape index (κ2) is 5.52. The first-order valence-corrected chi connectivity index (χ1v) is 8.24. The molecule has 7 heteroatoms. The van der Waals surface area contributed by atoms with Gasteiger partial charge in [0.05, 0.1) is 20.6 Å². The third kappa shape index (κ3) is 3.36. The predicted molar refractivity (Wildman–Crippen MR) is 83.7 cm³/mol. The van der Waals surface area contributed by atoms with Gasteiger partial charge >= 0.3 is 0 Å². The van der Waals surface area contributed by atoms with E-state index in [9.17, 15) is 8.42 Å². The van der Waals surface area contributed by atoms with Crippen LogP contribution >= 0.6 is 23.2 Å². The Morgan fingerprint density at radius 3 is 2.00 bits per heavy atom. The Kier molecular flexibility index (Phi) is 4.13. The van der Waals surface area contributed by atoms with Gasteiger partial charge in [0, 0.05) is 17.6 Å². The number of nitrogens with one attached hydrogen (secondary N) is 1. The summed E-state index contributed by atoms with van der Waals surface area (Å²) in [5.74, 6) is 0. The zero-order valence-electron chi connectivity index (χ0n) is 10.5. The van der Waals surface area contributed by atoms with Crippen LogP contribution in [0.25, 0.3) is 0 Å². The van der Waals surface area contributed by atoms with Crippen LogP contribution in [0.5, 0.6) is 0 Å². The lowest BCUT2D eigenvalue weighted by atomic mass is 10.2. The van der Waals surface area contributed by atoms with Crippen molar-refractivity contribution in [3.8, 4) is 0 Å². The lowest BCUT2D eigenvalue weighted by Gasteiger charge is -2.11. The first kappa shape index (κ1) is 15.0. The standard InChI is InChI=1S/C13H12Cl2N2O2S/c1-20(18,19)10-4-2-9(3-5-10)17-13-11(14)6-8(16)7-12(13)15/h2-7,17H,16H2,1H3. The van der Waals surface area contributed by atoms with Crippen LogP contribution in [0.2, 0.25) is 10.0 Å². The maximum Gasteiger partial charge on any atom is 0.175 e. The van der Waals surface area contributed by atoms with Crippen molar-refractivity contribution >= 4 is 50.1 Å². The maximum absolute atomic E-state index is 11.4. The van der Waals surface area contributed by atoms with Crippen LogP contribution in [-0.2, 0) is 9.84 Å². The molecule has 0 aliphatic carbocycles. The summed E-state index contributed by atoms with van der Waals surface area (Å²) in [6, 6.07) is 9.47. The highest BCUT2D eigenvalue weighted by Crippen LogP contribution is 2.35. The summed E-state index contributed by atoms with van der Waals surface area (Å²) >= 11 is 12.1. The first-order chi connectivity index (χ1) is 9.27. The topological polar surface area (TPSA) is 72.2 Å². The van der Waals surface area contributed by atoms with Crippen LogP contribution in [0.4, 0.5) is 17.1 Å². The van der Waals surface area contributed by atoms with Gasteiger partial charge in [-0.05, 0) is 36.4 Å². The zero-order chi connectivity index (χ0) is 14.9. The van der Waals surface area contributed by atoms with E-state index < -0.39 is 9.84 Å². The van der Waals surface area contributed by atoms with E-state index in [1.807, 2.05) is 0 Å². The normalized spacial score (nSPS) is 11.3. The molecule has 0 aromatic heterocycles. The van der Waals surface area contributed by atoms with Crippen molar-refractivity contribution in [1.82, 2.24) is 0 Å². The van der Waals surface area contributed by atoms with Gasteiger partial charge in [0.15, 0.2) is 9.84 Å². The number of anilines is 3. The molecule has 2 aromatic rings. The Labute approximate surface area is 127 Å². The Morgan fingerprint density at radius 2 is 1.55 bits per heavy atom. The quantitative estimate of drug-likeness (QED) is 0.841. The van der Waals surface area contributed by atoms with Gasteiger partial charge in [0.25, 0.3) is 0 Å². The number of hydrogen-bond acceptors (Lipinski definition) is 4. The van der Waals surface area contributed by atoms with Crippen molar-refractivity contribution in [2.45, 2.75) is 4.90 Å². The highest BCUT2D eigenvalue weighted by molar-refractivity contribution is 7.90. The molecule has 0 aliphatic heterocycles. The van der Waals surface area contributed by atoms with Gasteiger partial charge in [0.2, 0.25) is 0 Å². The van der Waals surface area contributed by atoms with Gasteiger partial charge in [-0.2, -0.15) is 0 Å². The molecule has 0 saturated heterocycles. The van der Waals surface area contributed by atoms with Crippen LogP contribution in [0.3, 0.4) is 0 Å². The molecule has 20 heavy (non-hydrogen) atoms. The van der Waals surface area contributed by atoms with E-state index in [-0.39, 0.29) is 4.90 Å². The van der Waals surface area contributed by atoms with Crippen molar-refractivity contribution < 1.29 is 8.42 Å². The van der Waals surface area contributed by atoms with E-state index in [1.165, 1.54) is 12.1 Å². The molecule has 0 heterocycles. The highest BCUT2D eigenvalue weighted by atomic mass is 35.5. The second-order valence-corrected chi connectivity index (χ2v) is 7.11. The number of benzene rings is 2. The molecule has 0 atom stereocenters. The van der Waals surface area contributed by atoms with Gasteiger partial charge < -0.3 is 11.1 Å². The SMILES string of the molecule is CS(=O)(=O)c1ccc(Nc2c(Cl)cc(N)cc2Cl)cc1. The smallest absolute Gasteiger partial charge is 0.175 e. The average molecular weight is 331 g/mol. The van der Waals surface area contributed by atoms with Crippen LogP contribution in [-0.4, -0.2) is 14.7 Å². The van der Waals surface area contributed by atoms with Gasteiger partial charge in [0.1, 0.15) is 0 Å². The average Bonchev–Trinajstić information content (AvgIpc) is 2.33. The fourth-order valence-electron chi connectivity index (χ4n) is 1.64. The summed E-state index contributed by atoms with van der Waals surface area (Å²) < 4.78 is 22.7. The molecule has 2 aromatic carbocycles.